The molecule has 3 rings (SSSR count). The number of methoxy groups -OCH3 is 1. The largest absolute Gasteiger partial charge is 0.497 e. The minimum Gasteiger partial charge on any atom is -0.497 e. The van der Waals surface area contributed by atoms with Crippen LogP contribution in [0.4, 0.5) is 0 Å². The van der Waals surface area contributed by atoms with Crippen LogP contribution in [0.3, 0.4) is 0 Å². The minimum atomic E-state index is -0.717. The fourth-order valence-electron chi connectivity index (χ4n) is 2.74. The van der Waals surface area contributed by atoms with Crippen LogP contribution in [0.5, 0.6) is 5.75 Å². The maximum Gasteiger partial charge on any atom is 0.308 e. The van der Waals surface area contributed by atoms with E-state index in [9.17, 15) is 4.79 Å². The van der Waals surface area contributed by atoms with Gasteiger partial charge in [-0.3, -0.25) is 4.79 Å². The molecule has 2 heterocycles. The summed E-state index contributed by atoms with van der Waals surface area (Å²) in [5.74, 6) is 0.829. The highest BCUT2D eigenvalue weighted by Gasteiger charge is 2.25. The fourth-order valence-corrected chi connectivity index (χ4v) is 2.74. The molecule has 0 radical (unpaired) electrons. The van der Waals surface area contributed by atoms with Crippen LogP contribution < -0.4 is 4.74 Å². The van der Waals surface area contributed by atoms with E-state index in [-0.39, 0.29) is 5.92 Å². The molecule has 0 bridgehead atoms. The van der Waals surface area contributed by atoms with Crippen molar-refractivity contribution in [2.75, 3.05) is 7.11 Å². The standard InChI is InChI=1S/C16H18N2O3/c1-21-14-5-2-11(3-6-14)8-13-10-18-9-12(16(19)20)4-7-15(18)17-13/h2-3,5-6,10,12H,4,7-9H2,1H3,(H,19,20). The topological polar surface area (TPSA) is 64.4 Å². The molecule has 0 fully saturated rings. The smallest absolute Gasteiger partial charge is 0.308 e. The molecule has 21 heavy (non-hydrogen) atoms. The maximum absolute atomic E-state index is 11.1. The average molecular weight is 286 g/mol. The second-order valence-electron chi connectivity index (χ2n) is 5.40. The van der Waals surface area contributed by atoms with Gasteiger partial charge >= 0.3 is 5.97 Å². The molecule has 5 heteroatoms. The van der Waals surface area contributed by atoms with E-state index in [1.165, 1.54) is 5.56 Å². The highest BCUT2D eigenvalue weighted by molar-refractivity contribution is 5.70. The molecule has 0 amide bonds. The van der Waals surface area contributed by atoms with E-state index in [1.807, 2.05) is 35.0 Å². The Balaban J connectivity index is 1.74. The first-order valence-corrected chi connectivity index (χ1v) is 7.06. The van der Waals surface area contributed by atoms with E-state index in [2.05, 4.69) is 4.98 Å². The molecule has 1 aliphatic heterocycles. The van der Waals surface area contributed by atoms with Crippen LogP contribution in [-0.2, 0) is 24.2 Å². The Hall–Kier alpha value is -2.30. The van der Waals surface area contributed by atoms with Crippen LogP contribution in [0.1, 0.15) is 23.5 Å². The lowest BCUT2D eigenvalue weighted by atomic mass is 10.00. The molecule has 1 aliphatic rings. The fraction of sp³-hybridized carbons (Fsp3) is 0.375. The summed E-state index contributed by atoms with van der Waals surface area (Å²) in [7, 11) is 1.65. The summed E-state index contributed by atoms with van der Waals surface area (Å²) >= 11 is 0. The number of hydrogen-bond acceptors (Lipinski definition) is 3. The first kappa shape index (κ1) is 13.7. The summed E-state index contributed by atoms with van der Waals surface area (Å²) < 4.78 is 7.13. The summed E-state index contributed by atoms with van der Waals surface area (Å²) in [4.78, 5) is 15.7. The van der Waals surface area contributed by atoms with Crippen molar-refractivity contribution < 1.29 is 14.6 Å². The maximum atomic E-state index is 11.1. The highest BCUT2D eigenvalue weighted by Crippen LogP contribution is 2.22. The van der Waals surface area contributed by atoms with Gasteiger partial charge in [-0.25, -0.2) is 4.98 Å². The number of benzene rings is 1. The van der Waals surface area contributed by atoms with E-state index < -0.39 is 5.97 Å². The lowest BCUT2D eigenvalue weighted by Gasteiger charge is -2.19. The van der Waals surface area contributed by atoms with Crippen molar-refractivity contribution in [3.8, 4) is 5.75 Å². The number of aromatic nitrogens is 2. The molecule has 0 aliphatic carbocycles. The molecule has 110 valence electrons. The van der Waals surface area contributed by atoms with E-state index >= 15 is 0 Å². The Morgan fingerprint density at radius 1 is 1.43 bits per heavy atom. The highest BCUT2D eigenvalue weighted by atomic mass is 16.5. The van der Waals surface area contributed by atoms with E-state index in [0.717, 1.165) is 30.1 Å². The number of aliphatic carboxylic acids is 1. The van der Waals surface area contributed by atoms with Crippen LogP contribution in [0, 0.1) is 5.92 Å². The number of aryl methyl sites for hydroxylation is 1. The molecule has 1 atom stereocenters. The van der Waals surface area contributed by atoms with E-state index in [1.54, 1.807) is 7.11 Å². The van der Waals surface area contributed by atoms with Crippen LogP contribution in [0.15, 0.2) is 30.5 Å². The second-order valence-corrected chi connectivity index (χ2v) is 5.40. The number of nitrogens with zero attached hydrogens (tertiary/aromatic N) is 2. The number of ether oxygens (including phenoxy) is 1. The summed E-state index contributed by atoms with van der Waals surface area (Å²) in [5, 5.41) is 9.11. The van der Waals surface area contributed by atoms with Crippen molar-refractivity contribution in [3.05, 3.63) is 47.5 Å². The molecule has 0 spiro atoms. The second kappa shape index (κ2) is 5.60. The van der Waals surface area contributed by atoms with Crippen molar-refractivity contribution in [2.45, 2.75) is 25.8 Å². The van der Waals surface area contributed by atoms with Crippen molar-refractivity contribution in [1.29, 1.82) is 0 Å². The van der Waals surface area contributed by atoms with Crippen LogP contribution >= 0.6 is 0 Å². The van der Waals surface area contributed by atoms with E-state index in [4.69, 9.17) is 9.84 Å². The Bertz CT molecular complexity index is 646. The van der Waals surface area contributed by atoms with Gasteiger partial charge in [0, 0.05) is 25.6 Å². The molecular formula is C16H18N2O3. The minimum absolute atomic E-state index is 0.291. The molecule has 0 saturated heterocycles. The lowest BCUT2D eigenvalue weighted by Crippen LogP contribution is -2.26. The SMILES string of the molecule is COc1ccc(Cc2cn3c(n2)CCC(C(=O)O)C3)cc1. The summed E-state index contributed by atoms with van der Waals surface area (Å²) in [5.41, 5.74) is 2.15. The molecule has 5 nitrogen and oxygen atoms in total. The van der Waals surface area contributed by atoms with Gasteiger partial charge in [-0.2, -0.15) is 0 Å². The van der Waals surface area contributed by atoms with Crippen molar-refractivity contribution in [1.82, 2.24) is 9.55 Å². The lowest BCUT2D eigenvalue weighted by molar-refractivity contribution is -0.142. The summed E-state index contributed by atoms with van der Waals surface area (Å²) in [6.45, 7) is 0.528. The van der Waals surface area contributed by atoms with Crippen molar-refractivity contribution >= 4 is 5.97 Å². The monoisotopic (exact) mass is 286 g/mol. The number of hydrogen-bond donors (Lipinski definition) is 1. The molecule has 1 aromatic carbocycles. The number of carboxylic acid groups (broad SMARTS) is 1. The Morgan fingerprint density at radius 3 is 2.86 bits per heavy atom. The molecule has 1 unspecified atom stereocenters. The predicted octanol–water partition coefficient (Wildman–Crippen LogP) is 2.13. The molecule has 2 aromatic rings. The third kappa shape index (κ3) is 2.91. The van der Waals surface area contributed by atoms with Crippen molar-refractivity contribution in [2.24, 2.45) is 5.92 Å². The van der Waals surface area contributed by atoms with Gasteiger partial charge in [0.05, 0.1) is 18.7 Å². The number of imidazole rings is 1. The predicted molar refractivity (Wildman–Crippen MR) is 77.5 cm³/mol. The van der Waals surface area contributed by atoms with Gasteiger partial charge in [-0.05, 0) is 24.1 Å². The van der Waals surface area contributed by atoms with Gasteiger partial charge in [0.25, 0.3) is 0 Å². The zero-order valence-electron chi connectivity index (χ0n) is 12.0. The molecule has 1 N–H and O–H groups in total. The zero-order valence-corrected chi connectivity index (χ0v) is 12.0. The average Bonchev–Trinajstić information content (AvgIpc) is 2.89. The first-order valence-electron chi connectivity index (χ1n) is 7.06. The Labute approximate surface area is 123 Å². The Kier molecular flexibility index (Phi) is 3.64. The molecule has 0 saturated carbocycles. The van der Waals surface area contributed by atoms with Gasteiger partial charge in [0.15, 0.2) is 0 Å². The number of rotatable bonds is 4. The van der Waals surface area contributed by atoms with Gasteiger partial charge < -0.3 is 14.4 Å². The quantitative estimate of drug-likeness (QED) is 0.935. The van der Waals surface area contributed by atoms with Crippen LogP contribution in [0.2, 0.25) is 0 Å². The third-order valence-electron chi connectivity index (χ3n) is 3.94. The van der Waals surface area contributed by atoms with Gasteiger partial charge in [0.1, 0.15) is 11.6 Å². The van der Waals surface area contributed by atoms with Gasteiger partial charge in [-0.15, -0.1) is 0 Å². The van der Waals surface area contributed by atoms with Crippen molar-refractivity contribution in [3.63, 3.8) is 0 Å². The normalized spacial score (nSPS) is 17.3. The number of fused-ring (bicyclic) bond motifs is 1. The third-order valence-corrected chi connectivity index (χ3v) is 3.94. The molecular weight excluding hydrogens is 268 g/mol. The number of carbonyl (C=O) groups is 1. The zero-order chi connectivity index (χ0) is 14.8. The Morgan fingerprint density at radius 2 is 2.19 bits per heavy atom. The van der Waals surface area contributed by atoms with Crippen LogP contribution in [-0.4, -0.2) is 27.7 Å². The number of carboxylic acids is 1. The van der Waals surface area contributed by atoms with Gasteiger partial charge in [0.2, 0.25) is 0 Å². The van der Waals surface area contributed by atoms with Crippen LogP contribution in [0.25, 0.3) is 0 Å². The first-order chi connectivity index (χ1) is 10.2. The van der Waals surface area contributed by atoms with Gasteiger partial charge in [-0.1, -0.05) is 12.1 Å². The summed E-state index contributed by atoms with van der Waals surface area (Å²) in [6, 6.07) is 7.92. The van der Waals surface area contributed by atoms with E-state index in [0.29, 0.717) is 13.0 Å². The molecule has 1 aromatic heterocycles. The summed E-state index contributed by atoms with van der Waals surface area (Å²) in [6.07, 6.45) is 4.14.